The van der Waals surface area contributed by atoms with Crippen LogP contribution in [0.2, 0.25) is 0 Å². The molecule has 0 radical (unpaired) electrons. The Balaban J connectivity index is 2.32. The lowest BCUT2D eigenvalue weighted by molar-refractivity contribution is -0.136. The number of hydrogen-bond donors (Lipinski definition) is 4. The molecule has 0 bridgehead atoms. The lowest BCUT2D eigenvalue weighted by atomic mass is 10.0. The number of aliphatic hydroxyl groups excluding tert-OH is 3. The van der Waals surface area contributed by atoms with Gasteiger partial charge in [-0.2, -0.15) is 0 Å². The molecule has 6 heteroatoms. The van der Waals surface area contributed by atoms with Crippen LogP contribution in [0.25, 0.3) is 0 Å². The molecule has 28 heavy (non-hydrogen) atoms. The third-order valence-electron chi connectivity index (χ3n) is 4.44. The van der Waals surface area contributed by atoms with Gasteiger partial charge in [0.05, 0.1) is 30.5 Å². The first-order valence-corrected chi connectivity index (χ1v) is 9.98. The fraction of sp³-hybridized carbons (Fsp3) is 0.591. The van der Waals surface area contributed by atoms with Gasteiger partial charge in [0.2, 0.25) is 0 Å². The van der Waals surface area contributed by atoms with E-state index >= 15 is 0 Å². The maximum atomic E-state index is 10.4. The topological polar surface area (TPSA) is 107 Å². The van der Waals surface area contributed by atoms with Gasteiger partial charge in [-0.25, -0.2) is 0 Å². The lowest BCUT2D eigenvalue weighted by Crippen LogP contribution is -2.24. The smallest absolute Gasteiger partial charge is 0.303 e. The monoisotopic (exact) mass is 394 g/mol. The summed E-state index contributed by atoms with van der Waals surface area (Å²) in [4.78, 5) is 10.4. The van der Waals surface area contributed by atoms with Crippen molar-refractivity contribution in [1.82, 2.24) is 0 Å². The van der Waals surface area contributed by atoms with Gasteiger partial charge in [0.25, 0.3) is 0 Å². The van der Waals surface area contributed by atoms with E-state index in [2.05, 4.69) is 0 Å². The fourth-order valence-electron chi connectivity index (χ4n) is 2.87. The molecule has 6 nitrogen and oxygen atoms in total. The minimum absolute atomic E-state index is 0.132. The highest BCUT2D eigenvalue weighted by molar-refractivity contribution is 5.66. The van der Waals surface area contributed by atoms with Gasteiger partial charge in [-0.3, -0.25) is 4.79 Å². The number of aliphatic carboxylic acids is 1. The molecule has 4 N–H and O–H groups in total. The summed E-state index contributed by atoms with van der Waals surface area (Å²) in [6, 6.07) is 0. The molecular weight excluding hydrogens is 360 g/mol. The first-order chi connectivity index (χ1) is 13.4. The Morgan fingerprint density at radius 3 is 2.57 bits per heavy atom. The average molecular weight is 395 g/mol. The van der Waals surface area contributed by atoms with E-state index in [-0.39, 0.29) is 12.5 Å². The van der Waals surface area contributed by atoms with Gasteiger partial charge in [-0.05, 0) is 32.1 Å². The fourth-order valence-corrected chi connectivity index (χ4v) is 2.87. The second kappa shape index (κ2) is 14.3. The normalized spacial score (nSPS) is 25.5. The average Bonchev–Trinajstić information content (AvgIpc) is 3.02. The Morgan fingerprint density at radius 1 is 1.11 bits per heavy atom. The maximum Gasteiger partial charge on any atom is 0.303 e. The van der Waals surface area contributed by atoms with E-state index in [1.807, 2.05) is 43.4 Å². The van der Waals surface area contributed by atoms with E-state index < -0.39 is 30.4 Å². The van der Waals surface area contributed by atoms with Crippen LogP contribution in [0.1, 0.15) is 51.9 Å². The van der Waals surface area contributed by atoms with Crippen molar-refractivity contribution in [3.8, 4) is 0 Å². The van der Waals surface area contributed by atoms with Crippen LogP contribution in [-0.2, 0) is 9.53 Å². The van der Waals surface area contributed by atoms with Crippen LogP contribution in [0.5, 0.6) is 0 Å². The number of allylic oxidation sites excluding steroid dienone is 4. The number of carboxylic acids is 1. The standard InChI is InChI=1S/C22H34O6/c1-2-3-8-11-17(23)14-15-18(24)21-16-19(25)20(28-21)12-9-6-4-5-7-10-13-22(26)27/h3,5-9,14-15,17-21,23-25H,2,4,10-13,16H2,1H3,(H,26,27)/b7-5-,8-3-,9-6-,15-14+/t17-,18-,19-,20-,21+/m0/s1. The summed E-state index contributed by atoms with van der Waals surface area (Å²) in [6.07, 6.45) is 15.2. The molecule has 1 aliphatic heterocycles. The highest BCUT2D eigenvalue weighted by Crippen LogP contribution is 2.26. The zero-order valence-electron chi connectivity index (χ0n) is 16.6. The van der Waals surface area contributed by atoms with Crippen molar-refractivity contribution in [1.29, 1.82) is 0 Å². The molecule has 1 saturated heterocycles. The molecule has 0 spiro atoms. The van der Waals surface area contributed by atoms with Gasteiger partial charge < -0.3 is 25.2 Å². The molecule has 158 valence electrons. The molecule has 1 aliphatic rings. The van der Waals surface area contributed by atoms with Crippen LogP contribution in [-0.4, -0.2) is 56.9 Å². The van der Waals surface area contributed by atoms with Gasteiger partial charge in [0.15, 0.2) is 0 Å². The highest BCUT2D eigenvalue weighted by Gasteiger charge is 2.36. The second-order valence-electron chi connectivity index (χ2n) is 6.92. The number of hydrogen-bond acceptors (Lipinski definition) is 5. The van der Waals surface area contributed by atoms with E-state index in [4.69, 9.17) is 9.84 Å². The quantitative estimate of drug-likeness (QED) is 0.358. The van der Waals surface area contributed by atoms with E-state index in [1.54, 1.807) is 6.08 Å². The third kappa shape index (κ3) is 10.6. The van der Waals surface area contributed by atoms with Crippen LogP contribution < -0.4 is 0 Å². The number of carboxylic acid groups (broad SMARTS) is 1. The molecule has 0 saturated carbocycles. The first kappa shape index (κ1) is 24.3. The van der Waals surface area contributed by atoms with Crippen molar-refractivity contribution >= 4 is 5.97 Å². The molecule has 0 aromatic rings. The van der Waals surface area contributed by atoms with Crippen LogP contribution in [0.4, 0.5) is 0 Å². The van der Waals surface area contributed by atoms with Crippen LogP contribution in [0, 0.1) is 0 Å². The van der Waals surface area contributed by atoms with Crippen molar-refractivity contribution in [3.63, 3.8) is 0 Å². The molecular formula is C22H34O6. The minimum Gasteiger partial charge on any atom is -0.481 e. The van der Waals surface area contributed by atoms with Gasteiger partial charge in [0, 0.05) is 12.8 Å². The maximum absolute atomic E-state index is 10.4. The molecule has 1 heterocycles. The van der Waals surface area contributed by atoms with Crippen LogP contribution in [0.3, 0.4) is 0 Å². The summed E-state index contributed by atoms with van der Waals surface area (Å²) in [7, 11) is 0. The Hall–Kier alpha value is -1.73. The van der Waals surface area contributed by atoms with Crippen LogP contribution >= 0.6 is 0 Å². The summed E-state index contributed by atoms with van der Waals surface area (Å²) in [5.74, 6) is -0.804. The predicted octanol–water partition coefficient (Wildman–Crippen LogP) is 2.90. The predicted molar refractivity (Wildman–Crippen MR) is 109 cm³/mol. The summed E-state index contributed by atoms with van der Waals surface area (Å²) >= 11 is 0. The molecule has 0 aromatic heterocycles. The number of rotatable bonds is 13. The molecule has 0 aliphatic carbocycles. The molecule has 5 atom stereocenters. The molecule has 0 unspecified atom stereocenters. The highest BCUT2D eigenvalue weighted by atomic mass is 16.5. The molecule has 0 aromatic carbocycles. The molecule has 1 rings (SSSR count). The number of carbonyl (C=O) groups is 1. The zero-order chi connectivity index (χ0) is 20.8. The Kier molecular flexibility index (Phi) is 12.4. The number of aliphatic hydroxyl groups is 3. The van der Waals surface area contributed by atoms with Gasteiger partial charge in [-0.15, -0.1) is 0 Å². The van der Waals surface area contributed by atoms with Crippen molar-refractivity contribution in [2.45, 2.75) is 82.4 Å². The largest absolute Gasteiger partial charge is 0.481 e. The molecule has 0 amide bonds. The third-order valence-corrected chi connectivity index (χ3v) is 4.44. The van der Waals surface area contributed by atoms with Crippen molar-refractivity contribution in [2.24, 2.45) is 0 Å². The number of ether oxygens (including phenoxy) is 1. The zero-order valence-corrected chi connectivity index (χ0v) is 16.6. The summed E-state index contributed by atoms with van der Waals surface area (Å²) in [5.41, 5.74) is 0. The summed E-state index contributed by atoms with van der Waals surface area (Å²) in [6.45, 7) is 2.02. The summed E-state index contributed by atoms with van der Waals surface area (Å²) in [5, 5.41) is 38.7. The second-order valence-corrected chi connectivity index (χ2v) is 6.92. The van der Waals surface area contributed by atoms with E-state index in [9.17, 15) is 20.1 Å². The van der Waals surface area contributed by atoms with E-state index in [0.717, 1.165) is 6.42 Å². The molecule has 1 fully saturated rings. The van der Waals surface area contributed by atoms with Crippen molar-refractivity contribution < 1.29 is 30.0 Å². The Bertz CT molecular complexity index is 551. The van der Waals surface area contributed by atoms with Crippen molar-refractivity contribution in [3.05, 3.63) is 48.6 Å². The van der Waals surface area contributed by atoms with Gasteiger partial charge >= 0.3 is 5.97 Å². The summed E-state index contributed by atoms with van der Waals surface area (Å²) < 4.78 is 5.76. The first-order valence-electron chi connectivity index (χ1n) is 9.98. The SMILES string of the molecule is CC/C=C\C[C@H](O)/C=C/[C@H](O)[C@H]1C[C@H](O)[C@H](C/C=C\C/C=C\CCC(=O)O)O1. The van der Waals surface area contributed by atoms with E-state index in [0.29, 0.717) is 32.1 Å². The van der Waals surface area contributed by atoms with Crippen molar-refractivity contribution in [2.75, 3.05) is 0 Å². The lowest BCUT2D eigenvalue weighted by Gasteiger charge is -2.16. The van der Waals surface area contributed by atoms with Gasteiger partial charge in [-0.1, -0.05) is 55.5 Å². The Labute approximate surface area is 167 Å². The Morgan fingerprint density at radius 2 is 1.86 bits per heavy atom. The van der Waals surface area contributed by atoms with Gasteiger partial charge in [0.1, 0.15) is 0 Å². The minimum atomic E-state index is -0.870. The van der Waals surface area contributed by atoms with Crippen LogP contribution in [0.15, 0.2) is 48.6 Å². The van der Waals surface area contributed by atoms with E-state index in [1.165, 1.54) is 6.08 Å².